The van der Waals surface area contributed by atoms with E-state index in [4.69, 9.17) is 10.5 Å². The van der Waals surface area contributed by atoms with E-state index >= 15 is 0 Å². The molecule has 4 heteroatoms. The molecule has 0 saturated heterocycles. The summed E-state index contributed by atoms with van der Waals surface area (Å²) in [6.45, 7) is 8.56. The van der Waals surface area contributed by atoms with Gasteiger partial charge < -0.3 is 15.4 Å². The highest BCUT2D eigenvalue weighted by Gasteiger charge is 2.34. The number of carbonyl (C=O) groups excluding carboxylic acids is 1. The van der Waals surface area contributed by atoms with Gasteiger partial charge in [0.15, 0.2) is 0 Å². The maximum Gasteiger partial charge on any atom is 0.233 e. The van der Waals surface area contributed by atoms with Crippen LogP contribution in [0.3, 0.4) is 0 Å². The second-order valence-electron chi connectivity index (χ2n) is 6.12. The number of rotatable bonds is 5. The number of para-hydroxylation sites is 1. The molecule has 1 unspecified atom stereocenters. The van der Waals surface area contributed by atoms with E-state index in [-0.39, 0.29) is 17.2 Å². The van der Waals surface area contributed by atoms with Crippen LogP contribution in [-0.2, 0) is 4.79 Å². The number of carbonyl (C=O) groups is 1. The molecule has 0 fully saturated rings. The van der Waals surface area contributed by atoms with Gasteiger partial charge in [0, 0.05) is 18.7 Å². The molecular formula is C16H24N2O2. The molecule has 0 aliphatic carbocycles. The van der Waals surface area contributed by atoms with Gasteiger partial charge in [-0.1, -0.05) is 32.0 Å². The minimum Gasteiger partial charge on any atom is -0.492 e. The molecule has 1 aliphatic heterocycles. The fraction of sp³-hybridized carbons (Fsp3) is 0.562. The first-order valence-electron chi connectivity index (χ1n) is 7.19. The molecule has 0 saturated carbocycles. The minimum atomic E-state index is -0.181. The van der Waals surface area contributed by atoms with Crippen molar-refractivity contribution in [2.75, 3.05) is 26.2 Å². The Morgan fingerprint density at radius 3 is 2.80 bits per heavy atom. The summed E-state index contributed by atoms with van der Waals surface area (Å²) >= 11 is 0. The third kappa shape index (κ3) is 2.96. The summed E-state index contributed by atoms with van der Waals surface area (Å²) in [7, 11) is 0. The monoisotopic (exact) mass is 276 g/mol. The lowest BCUT2D eigenvalue weighted by molar-refractivity contribution is -0.134. The van der Waals surface area contributed by atoms with Gasteiger partial charge in [-0.15, -0.1) is 0 Å². The molecule has 2 rings (SSSR count). The molecule has 1 aromatic rings. The lowest BCUT2D eigenvalue weighted by atomic mass is 9.92. The van der Waals surface area contributed by atoms with Gasteiger partial charge in [0.05, 0.1) is 0 Å². The molecule has 1 aromatic carbocycles. The van der Waals surface area contributed by atoms with E-state index < -0.39 is 0 Å². The van der Waals surface area contributed by atoms with Crippen molar-refractivity contribution in [3.8, 4) is 5.75 Å². The van der Waals surface area contributed by atoms with Crippen LogP contribution in [0, 0.1) is 5.41 Å². The maximum absolute atomic E-state index is 12.7. The topological polar surface area (TPSA) is 55.6 Å². The minimum absolute atomic E-state index is 0.0648. The number of ether oxygens (including phenoxy) is 1. The molecule has 1 amide bonds. The van der Waals surface area contributed by atoms with Crippen LogP contribution in [0.4, 0.5) is 0 Å². The van der Waals surface area contributed by atoms with Crippen molar-refractivity contribution in [1.29, 1.82) is 0 Å². The highest BCUT2D eigenvalue weighted by Crippen LogP contribution is 2.35. The van der Waals surface area contributed by atoms with Gasteiger partial charge in [0.25, 0.3) is 0 Å². The quantitative estimate of drug-likeness (QED) is 0.895. The first-order valence-corrected chi connectivity index (χ1v) is 7.19. The number of likely N-dealkylation sites (N-methyl/N-ethyl adjacent to an activating group) is 1. The van der Waals surface area contributed by atoms with Crippen molar-refractivity contribution < 1.29 is 9.53 Å². The average molecular weight is 276 g/mol. The summed E-state index contributed by atoms with van der Waals surface area (Å²) in [5.74, 6) is 0.790. The summed E-state index contributed by atoms with van der Waals surface area (Å²) < 4.78 is 5.61. The molecule has 1 aliphatic rings. The number of fused-ring (bicyclic) bond motifs is 1. The van der Waals surface area contributed by atoms with Crippen molar-refractivity contribution in [3.63, 3.8) is 0 Å². The number of hydrogen-bond donors (Lipinski definition) is 1. The summed E-state index contributed by atoms with van der Waals surface area (Å²) in [6, 6.07) is 7.78. The zero-order valence-electron chi connectivity index (χ0n) is 12.6. The smallest absolute Gasteiger partial charge is 0.233 e. The van der Waals surface area contributed by atoms with Crippen molar-refractivity contribution in [2.24, 2.45) is 11.1 Å². The van der Waals surface area contributed by atoms with Gasteiger partial charge in [0.2, 0.25) is 5.91 Å². The van der Waals surface area contributed by atoms with Crippen LogP contribution in [-0.4, -0.2) is 37.0 Å². The first-order chi connectivity index (χ1) is 9.48. The molecule has 110 valence electrons. The molecular weight excluding hydrogens is 252 g/mol. The zero-order chi connectivity index (χ0) is 14.8. The van der Waals surface area contributed by atoms with Gasteiger partial charge in [-0.2, -0.15) is 0 Å². The van der Waals surface area contributed by atoms with Crippen LogP contribution in [0.15, 0.2) is 24.3 Å². The Balaban J connectivity index is 2.14. The third-order valence-corrected chi connectivity index (χ3v) is 3.86. The summed E-state index contributed by atoms with van der Waals surface area (Å²) in [5.41, 5.74) is 6.71. The predicted molar refractivity (Wildman–Crippen MR) is 79.8 cm³/mol. The van der Waals surface area contributed by atoms with Crippen LogP contribution in [0.1, 0.15) is 32.3 Å². The van der Waals surface area contributed by atoms with E-state index in [9.17, 15) is 4.79 Å². The number of amides is 1. The molecule has 4 nitrogen and oxygen atoms in total. The molecule has 2 N–H and O–H groups in total. The summed E-state index contributed by atoms with van der Waals surface area (Å²) in [6.07, 6.45) is 0. The Morgan fingerprint density at radius 1 is 1.45 bits per heavy atom. The standard InChI is InChI=1S/C16H24N2O2/c1-4-18(11-16(2,3)10-17)15(19)13-9-20-14-8-6-5-7-12(13)14/h5-8,13H,4,9-11,17H2,1-3H3. The Hall–Kier alpha value is -1.55. The Kier molecular flexibility index (Phi) is 4.33. The van der Waals surface area contributed by atoms with Gasteiger partial charge in [-0.3, -0.25) is 4.79 Å². The van der Waals surface area contributed by atoms with E-state index in [0.29, 0.717) is 26.2 Å². The molecule has 1 atom stereocenters. The van der Waals surface area contributed by atoms with Crippen LogP contribution >= 0.6 is 0 Å². The lowest BCUT2D eigenvalue weighted by Crippen LogP contribution is -2.44. The first kappa shape index (κ1) is 14.9. The molecule has 1 heterocycles. The van der Waals surface area contributed by atoms with E-state index in [2.05, 4.69) is 13.8 Å². The number of benzene rings is 1. The van der Waals surface area contributed by atoms with Crippen molar-refractivity contribution in [3.05, 3.63) is 29.8 Å². The molecule has 0 spiro atoms. The highest BCUT2D eigenvalue weighted by molar-refractivity contribution is 5.85. The number of nitrogens with two attached hydrogens (primary N) is 1. The Labute approximate surface area is 120 Å². The van der Waals surface area contributed by atoms with Crippen molar-refractivity contribution >= 4 is 5.91 Å². The van der Waals surface area contributed by atoms with Gasteiger partial charge >= 0.3 is 0 Å². The highest BCUT2D eigenvalue weighted by atomic mass is 16.5. The molecule has 20 heavy (non-hydrogen) atoms. The van der Waals surface area contributed by atoms with Gasteiger partial charge in [-0.25, -0.2) is 0 Å². The van der Waals surface area contributed by atoms with Gasteiger partial charge in [-0.05, 0) is 24.9 Å². The molecule has 0 aromatic heterocycles. The van der Waals surface area contributed by atoms with E-state index in [1.165, 1.54) is 0 Å². The number of nitrogens with zero attached hydrogens (tertiary/aromatic N) is 1. The number of hydrogen-bond acceptors (Lipinski definition) is 3. The van der Waals surface area contributed by atoms with E-state index in [1.54, 1.807) is 0 Å². The van der Waals surface area contributed by atoms with Crippen LogP contribution in [0.2, 0.25) is 0 Å². The lowest BCUT2D eigenvalue weighted by Gasteiger charge is -2.32. The summed E-state index contributed by atoms with van der Waals surface area (Å²) in [4.78, 5) is 14.6. The largest absolute Gasteiger partial charge is 0.492 e. The molecule has 0 bridgehead atoms. The van der Waals surface area contributed by atoms with E-state index in [1.807, 2.05) is 36.1 Å². The normalized spacial score (nSPS) is 17.5. The third-order valence-electron chi connectivity index (χ3n) is 3.86. The Morgan fingerprint density at radius 2 is 2.15 bits per heavy atom. The predicted octanol–water partition coefficient (Wildman–Crippen LogP) is 2.00. The fourth-order valence-corrected chi connectivity index (χ4v) is 2.51. The zero-order valence-corrected chi connectivity index (χ0v) is 12.6. The van der Waals surface area contributed by atoms with Crippen molar-refractivity contribution in [1.82, 2.24) is 4.90 Å². The van der Waals surface area contributed by atoms with Gasteiger partial charge in [0.1, 0.15) is 18.3 Å². The Bertz CT molecular complexity index is 485. The fourth-order valence-electron chi connectivity index (χ4n) is 2.51. The van der Waals surface area contributed by atoms with Crippen LogP contribution in [0.5, 0.6) is 5.75 Å². The second-order valence-corrected chi connectivity index (χ2v) is 6.12. The summed E-state index contributed by atoms with van der Waals surface area (Å²) in [5, 5.41) is 0. The van der Waals surface area contributed by atoms with Crippen LogP contribution in [0.25, 0.3) is 0 Å². The molecule has 0 radical (unpaired) electrons. The van der Waals surface area contributed by atoms with Crippen molar-refractivity contribution in [2.45, 2.75) is 26.7 Å². The average Bonchev–Trinajstić information content (AvgIpc) is 2.88. The second kappa shape index (κ2) is 5.83. The SMILES string of the molecule is CCN(CC(C)(C)CN)C(=O)C1COc2ccccc21. The maximum atomic E-state index is 12.7. The van der Waals surface area contributed by atoms with Crippen LogP contribution < -0.4 is 10.5 Å². The van der Waals surface area contributed by atoms with E-state index in [0.717, 1.165) is 11.3 Å².